The zero-order valence-electron chi connectivity index (χ0n) is 25.7. The van der Waals surface area contributed by atoms with Crippen LogP contribution in [0.3, 0.4) is 0 Å². The third-order valence-electron chi connectivity index (χ3n) is 9.42. The number of fused-ring (bicyclic) bond motifs is 4. The number of methoxy groups -OCH3 is 4. The Bertz CT molecular complexity index is 1280. The van der Waals surface area contributed by atoms with Crippen molar-refractivity contribution in [3.05, 3.63) is 46.5 Å². The fourth-order valence-electron chi connectivity index (χ4n) is 7.61. The summed E-state index contributed by atoms with van der Waals surface area (Å²) in [5, 5.41) is 0. The molecule has 0 aromatic heterocycles. The fraction of sp³-hybridized carbons (Fsp3) is 0.606. The minimum atomic E-state index is 0.149. The maximum Gasteiger partial charge on any atom is 0.161 e. The summed E-state index contributed by atoms with van der Waals surface area (Å²) in [5.41, 5.74) is 5.63. The summed E-state index contributed by atoms with van der Waals surface area (Å²) in [6.45, 7) is 10.2. The number of ether oxygens (including phenoxy) is 4. The SMILES string of the molecule is COc1cc2c(cc1OC)C1CC(CC3c4cc(OC)c(OC)cc4CCN3C(=S)S)C(CC(C)(C)C)CN1CC2. The number of thiol groups is 1. The number of thiocarbonyl (C=S) groups is 1. The van der Waals surface area contributed by atoms with Gasteiger partial charge in [-0.2, -0.15) is 0 Å². The molecule has 3 aliphatic rings. The van der Waals surface area contributed by atoms with E-state index in [-0.39, 0.29) is 11.5 Å². The van der Waals surface area contributed by atoms with Gasteiger partial charge in [-0.1, -0.05) is 33.0 Å². The van der Waals surface area contributed by atoms with Crippen LogP contribution in [0.15, 0.2) is 24.3 Å². The summed E-state index contributed by atoms with van der Waals surface area (Å²) >= 11 is 10.4. The average Bonchev–Trinajstić information content (AvgIpc) is 2.94. The summed E-state index contributed by atoms with van der Waals surface area (Å²) < 4.78 is 23.5. The van der Waals surface area contributed by atoms with E-state index in [0.29, 0.717) is 22.2 Å². The van der Waals surface area contributed by atoms with Crippen molar-refractivity contribution >= 4 is 29.2 Å². The van der Waals surface area contributed by atoms with Crippen LogP contribution >= 0.6 is 24.8 Å². The Kier molecular flexibility index (Phi) is 9.03. The van der Waals surface area contributed by atoms with E-state index in [9.17, 15) is 0 Å². The van der Waals surface area contributed by atoms with E-state index >= 15 is 0 Å². The topological polar surface area (TPSA) is 43.4 Å². The zero-order chi connectivity index (χ0) is 29.5. The van der Waals surface area contributed by atoms with Crippen molar-refractivity contribution in [2.24, 2.45) is 17.3 Å². The standard InChI is InChI=1S/C33H46N2O4S2/c1-33(2,3)18-23-19-34-10-8-20-14-28(36-4)30(38-6)16-24(20)26(34)12-22(23)13-27-25-17-31(39-7)29(37-5)15-21(25)9-11-35(27)32(40)41/h14-17,22-23,26-27H,8-13,18-19H2,1-7H3,(H,40,41). The lowest BCUT2D eigenvalue weighted by Gasteiger charge is -2.50. The molecule has 41 heavy (non-hydrogen) atoms. The van der Waals surface area contributed by atoms with E-state index in [1.54, 1.807) is 28.4 Å². The van der Waals surface area contributed by atoms with Crippen LogP contribution in [-0.2, 0) is 12.8 Å². The minimum Gasteiger partial charge on any atom is -0.493 e. The Morgan fingerprint density at radius 3 is 1.93 bits per heavy atom. The molecule has 0 radical (unpaired) electrons. The molecule has 224 valence electrons. The largest absolute Gasteiger partial charge is 0.493 e. The van der Waals surface area contributed by atoms with Crippen LogP contribution in [0.4, 0.5) is 0 Å². The number of piperidine rings is 1. The van der Waals surface area contributed by atoms with Gasteiger partial charge in [0.1, 0.15) is 4.32 Å². The normalized spacial score (nSPS) is 24.1. The number of nitrogens with zero attached hydrogens (tertiary/aromatic N) is 2. The Morgan fingerprint density at radius 2 is 1.37 bits per heavy atom. The van der Waals surface area contributed by atoms with Crippen molar-refractivity contribution in [2.75, 3.05) is 48.1 Å². The third-order valence-corrected chi connectivity index (χ3v) is 9.92. The molecular formula is C33H46N2O4S2. The summed E-state index contributed by atoms with van der Waals surface area (Å²) in [7, 11) is 6.86. The zero-order valence-corrected chi connectivity index (χ0v) is 27.4. The van der Waals surface area contributed by atoms with Crippen molar-refractivity contribution in [3.8, 4) is 23.0 Å². The van der Waals surface area contributed by atoms with Gasteiger partial charge < -0.3 is 23.8 Å². The predicted octanol–water partition coefficient (Wildman–Crippen LogP) is 6.90. The number of rotatable bonds is 7. The van der Waals surface area contributed by atoms with Crippen LogP contribution in [-0.4, -0.2) is 62.2 Å². The Hall–Kier alpha value is -2.16. The molecule has 8 heteroatoms. The van der Waals surface area contributed by atoms with Crippen molar-refractivity contribution in [1.29, 1.82) is 0 Å². The van der Waals surface area contributed by atoms with E-state index in [1.165, 1.54) is 28.7 Å². The molecule has 2 aromatic carbocycles. The molecule has 6 nitrogen and oxygen atoms in total. The van der Waals surface area contributed by atoms with Gasteiger partial charge in [0.05, 0.1) is 34.5 Å². The Balaban J connectivity index is 1.53. The van der Waals surface area contributed by atoms with Crippen molar-refractivity contribution < 1.29 is 18.9 Å². The van der Waals surface area contributed by atoms with Gasteiger partial charge in [-0.05, 0) is 95.9 Å². The molecule has 3 aliphatic heterocycles. The maximum absolute atomic E-state index is 5.75. The summed E-state index contributed by atoms with van der Waals surface area (Å²) in [6, 6.07) is 9.28. The van der Waals surface area contributed by atoms with Crippen LogP contribution in [0.2, 0.25) is 0 Å². The first kappa shape index (κ1) is 30.3. The second kappa shape index (κ2) is 12.2. The predicted molar refractivity (Wildman–Crippen MR) is 172 cm³/mol. The molecule has 2 aromatic rings. The highest BCUT2D eigenvalue weighted by Crippen LogP contribution is 2.50. The monoisotopic (exact) mass is 598 g/mol. The van der Waals surface area contributed by atoms with Crippen LogP contribution in [0, 0.1) is 17.3 Å². The summed E-state index contributed by atoms with van der Waals surface area (Å²) in [4.78, 5) is 5.06. The van der Waals surface area contributed by atoms with E-state index < -0.39 is 0 Å². The lowest BCUT2D eigenvalue weighted by atomic mass is 9.68. The highest BCUT2D eigenvalue weighted by atomic mass is 32.1. The Labute approximate surface area is 257 Å². The van der Waals surface area contributed by atoms with Gasteiger partial charge >= 0.3 is 0 Å². The molecule has 0 amide bonds. The first-order valence-corrected chi connectivity index (χ1v) is 15.7. The highest BCUT2D eigenvalue weighted by Gasteiger charge is 2.43. The smallest absolute Gasteiger partial charge is 0.161 e. The molecule has 1 saturated heterocycles. The van der Waals surface area contributed by atoms with Crippen molar-refractivity contribution in [2.45, 2.75) is 65.0 Å². The second-order valence-corrected chi connectivity index (χ2v) is 14.2. The molecular weight excluding hydrogens is 553 g/mol. The molecule has 1 fully saturated rings. The molecule has 0 aliphatic carbocycles. The van der Waals surface area contributed by atoms with E-state index in [0.717, 1.165) is 68.3 Å². The van der Waals surface area contributed by atoms with E-state index in [1.807, 2.05) is 0 Å². The van der Waals surface area contributed by atoms with Crippen LogP contribution in [0.5, 0.6) is 23.0 Å². The molecule has 5 rings (SSSR count). The Morgan fingerprint density at radius 1 is 0.829 bits per heavy atom. The summed E-state index contributed by atoms with van der Waals surface area (Å²) in [6.07, 6.45) is 5.27. The molecule has 4 unspecified atom stereocenters. The molecule has 0 bridgehead atoms. The number of hydrogen-bond acceptors (Lipinski definition) is 6. The van der Waals surface area contributed by atoms with Gasteiger partial charge in [-0.25, -0.2) is 0 Å². The first-order valence-electron chi connectivity index (χ1n) is 14.8. The van der Waals surface area contributed by atoms with Crippen LogP contribution in [0.1, 0.15) is 74.4 Å². The van der Waals surface area contributed by atoms with E-state index in [4.69, 9.17) is 43.8 Å². The lowest BCUT2D eigenvalue weighted by molar-refractivity contribution is 0.0224. The number of benzene rings is 2. The fourth-order valence-corrected chi connectivity index (χ4v) is 8.07. The van der Waals surface area contributed by atoms with Crippen LogP contribution < -0.4 is 18.9 Å². The van der Waals surface area contributed by atoms with Crippen molar-refractivity contribution in [3.63, 3.8) is 0 Å². The molecule has 3 heterocycles. The quantitative estimate of drug-likeness (QED) is 0.275. The minimum absolute atomic E-state index is 0.149. The molecule has 4 atom stereocenters. The van der Waals surface area contributed by atoms with Crippen molar-refractivity contribution in [1.82, 2.24) is 9.80 Å². The maximum atomic E-state index is 5.75. The number of hydrogen-bond donors (Lipinski definition) is 1. The molecule has 0 N–H and O–H groups in total. The van der Waals surface area contributed by atoms with Gasteiger partial charge in [-0.3, -0.25) is 4.90 Å². The molecule has 0 spiro atoms. The summed E-state index contributed by atoms with van der Waals surface area (Å²) in [5.74, 6) is 4.30. The van der Waals surface area contributed by atoms with Gasteiger partial charge in [-0.15, -0.1) is 12.6 Å². The van der Waals surface area contributed by atoms with Gasteiger partial charge in [0.25, 0.3) is 0 Å². The van der Waals surface area contributed by atoms with Gasteiger partial charge in [0, 0.05) is 25.7 Å². The second-order valence-electron chi connectivity index (χ2n) is 13.1. The van der Waals surface area contributed by atoms with Crippen LogP contribution in [0.25, 0.3) is 0 Å². The third kappa shape index (κ3) is 6.16. The molecule has 0 saturated carbocycles. The first-order chi connectivity index (χ1) is 19.6. The van der Waals surface area contributed by atoms with Gasteiger partial charge in [0.2, 0.25) is 0 Å². The highest BCUT2D eigenvalue weighted by molar-refractivity contribution is 8.10. The average molecular weight is 599 g/mol. The lowest BCUT2D eigenvalue weighted by Crippen LogP contribution is -2.48. The van der Waals surface area contributed by atoms with E-state index in [2.05, 4.69) is 54.8 Å². The van der Waals surface area contributed by atoms with Gasteiger partial charge in [0.15, 0.2) is 23.0 Å².